The zero-order chi connectivity index (χ0) is 23.7. The van der Waals surface area contributed by atoms with Gasteiger partial charge in [0.1, 0.15) is 6.23 Å². The fraction of sp³-hybridized carbons (Fsp3) is 0.385. The van der Waals surface area contributed by atoms with E-state index in [-0.39, 0.29) is 18.4 Å². The highest BCUT2D eigenvalue weighted by atomic mass is 32.1. The Labute approximate surface area is 182 Å². The molecule has 1 fully saturated rings. The summed E-state index contributed by atoms with van der Waals surface area (Å²) in [7, 11) is -16.4. The first-order valence-corrected chi connectivity index (χ1v) is 14.0. The monoisotopic (exact) mass is 534 g/mol. The first-order chi connectivity index (χ1) is 14.7. The number of aromatic amines is 1. The van der Waals surface area contributed by atoms with Crippen LogP contribution in [-0.4, -0.2) is 41.8 Å². The molecule has 0 bridgehead atoms. The zero-order valence-electron chi connectivity index (χ0n) is 15.7. The van der Waals surface area contributed by atoms with Crippen molar-refractivity contribution in [3.05, 3.63) is 44.5 Å². The lowest BCUT2D eigenvalue weighted by Gasteiger charge is -2.19. The van der Waals surface area contributed by atoms with Gasteiger partial charge < -0.3 is 24.3 Å². The quantitative estimate of drug-likeness (QED) is 0.286. The van der Waals surface area contributed by atoms with Crippen LogP contribution in [0.4, 0.5) is 0 Å². The van der Waals surface area contributed by atoms with E-state index in [1.807, 2.05) is 0 Å². The Bertz CT molecular complexity index is 1220. The largest absolute Gasteiger partial charge is 0.490 e. The molecule has 3 heterocycles. The number of nitrogens with zero attached hydrogens (tertiary/aromatic N) is 1. The van der Waals surface area contributed by atoms with Crippen LogP contribution >= 0.6 is 34.8 Å². The van der Waals surface area contributed by atoms with Crippen molar-refractivity contribution in [3.63, 3.8) is 0 Å². The summed E-state index contributed by atoms with van der Waals surface area (Å²) >= 11 is 1.30. The second-order valence-electron chi connectivity index (χ2n) is 6.36. The van der Waals surface area contributed by atoms with Crippen molar-refractivity contribution in [3.8, 4) is 10.4 Å². The Morgan fingerprint density at radius 1 is 1.12 bits per heavy atom. The molecule has 5 N–H and O–H groups in total. The van der Waals surface area contributed by atoms with Gasteiger partial charge in [-0.05, 0) is 24.3 Å². The number of nitrogens with one attached hydrogen (secondary N) is 1. The smallest absolute Gasteiger partial charge is 0.352 e. The lowest BCUT2D eigenvalue weighted by Crippen LogP contribution is -2.33. The van der Waals surface area contributed by atoms with Gasteiger partial charge in [-0.25, -0.2) is 18.5 Å². The lowest BCUT2D eigenvalue weighted by molar-refractivity contribution is -0.0242. The molecule has 2 unspecified atom stereocenters. The van der Waals surface area contributed by atoms with E-state index in [9.17, 15) is 28.2 Å². The van der Waals surface area contributed by atoms with Crippen molar-refractivity contribution < 1.29 is 51.2 Å². The molecule has 4 atom stereocenters. The number of rotatable bonds is 9. The van der Waals surface area contributed by atoms with Gasteiger partial charge in [-0.2, -0.15) is 8.62 Å². The molecule has 19 heteroatoms. The molecule has 0 amide bonds. The molecular weight excluding hydrogens is 517 g/mol. The normalized spacial score (nSPS) is 23.0. The number of phosphoric acid groups is 3. The highest BCUT2D eigenvalue weighted by Gasteiger charge is 2.41. The van der Waals surface area contributed by atoms with Crippen molar-refractivity contribution in [1.82, 2.24) is 9.55 Å². The van der Waals surface area contributed by atoms with Crippen LogP contribution in [0.2, 0.25) is 0 Å². The van der Waals surface area contributed by atoms with Crippen LogP contribution < -0.4 is 11.2 Å². The zero-order valence-corrected chi connectivity index (χ0v) is 19.2. The second-order valence-corrected chi connectivity index (χ2v) is 11.7. The van der Waals surface area contributed by atoms with Gasteiger partial charge in [0.25, 0.3) is 5.56 Å². The van der Waals surface area contributed by atoms with Crippen LogP contribution in [0.3, 0.4) is 0 Å². The van der Waals surface area contributed by atoms with Gasteiger partial charge in [0.05, 0.1) is 18.3 Å². The average molecular weight is 534 g/mol. The van der Waals surface area contributed by atoms with Gasteiger partial charge in [0, 0.05) is 11.1 Å². The molecule has 0 aromatic carbocycles. The third-order valence-corrected chi connectivity index (χ3v) is 8.70. The van der Waals surface area contributed by atoms with E-state index in [0.717, 1.165) is 4.57 Å². The van der Waals surface area contributed by atoms with Crippen LogP contribution in [-0.2, 0) is 31.6 Å². The number of thiophene rings is 1. The van der Waals surface area contributed by atoms with E-state index in [2.05, 4.69) is 18.1 Å². The standard InChI is InChI=1S/C13H17N2O13P3S/c16-12-9(10-2-1-5-32-10)6-15(13(17)14-12)11-4-3-8(26-11)7-25-30(21,22)28-31(23,24)27-29(18,19)20/h1-2,5-6,8,11H,3-4,7H2,(H,21,22)(H,23,24)(H,14,16,17)(H2,18,19,20)/t8-,11+/m0/s1. The predicted octanol–water partition coefficient (Wildman–Crippen LogP) is 1.29. The number of H-pyrrole nitrogens is 1. The van der Waals surface area contributed by atoms with Crippen molar-refractivity contribution in [2.45, 2.75) is 25.2 Å². The van der Waals surface area contributed by atoms with Crippen LogP contribution in [0.25, 0.3) is 10.4 Å². The third-order valence-electron chi connectivity index (χ3n) is 3.99. The Balaban J connectivity index is 1.64. The predicted molar refractivity (Wildman–Crippen MR) is 108 cm³/mol. The fourth-order valence-corrected chi connectivity index (χ4v) is 6.58. The Hall–Kier alpha value is -1.25. The molecule has 32 heavy (non-hydrogen) atoms. The molecule has 3 rings (SSSR count). The number of aromatic nitrogens is 2. The van der Waals surface area contributed by atoms with Gasteiger partial charge in [-0.3, -0.25) is 18.9 Å². The summed E-state index contributed by atoms with van der Waals surface area (Å²) in [6, 6.07) is 3.44. The molecule has 1 aliphatic heterocycles. The first-order valence-electron chi connectivity index (χ1n) is 8.58. The maximum atomic E-state index is 12.2. The minimum absolute atomic E-state index is 0.236. The minimum atomic E-state index is -5.62. The minimum Gasteiger partial charge on any atom is -0.352 e. The summed E-state index contributed by atoms with van der Waals surface area (Å²) in [6.07, 6.45) is 0.143. The Morgan fingerprint density at radius 3 is 2.47 bits per heavy atom. The molecule has 1 aliphatic rings. The summed E-state index contributed by atoms with van der Waals surface area (Å²) < 4.78 is 52.3. The molecule has 0 saturated carbocycles. The van der Waals surface area contributed by atoms with E-state index in [1.165, 1.54) is 17.5 Å². The van der Waals surface area contributed by atoms with Gasteiger partial charge in [0.15, 0.2) is 0 Å². The topological polar surface area (TPSA) is 224 Å². The first kappa shape index (κ1) is 25.4. The molecule has 0 aliphatic carbocycles. The summed E-state index contributed by atoms with van der Waals surface area (Å²) in [6.45, 7) is -0.629. The molecule has 178 valence electrons. The van der Waals surface area contributed by atoms with Crippen molar-refractivity contribution in [1.29, 1.82) is 0 Å². The summed E-state index contributed by atoms with van der Waals surface area (Å²) in [5.41, 5.74) is -1.05. The number of ether oxygens (including phenoxy) is 1. The maximum absolute atomic E-state index is 12.2. The third kappa shape index (κ3) is 6.87. The van der Waals surface area contributed by atoms with Gasteiger partial charge in [0.2, 0.25) is 0 Å². The van der Waals surface area contributed by atoms with Crippen LogP contribution in [0.1, 0.15) is 19.1 Å². The van der Waals surface area contributed by atoms with E-state index in [0.29, 0.717) is 4.88 Å². The molecule has 15 nitrogen and oxygen atoms in total. The van der Waals surface area contributed by atoms with Crippen LogP contribution in [0.5, 0.6) is 0 Å². The second kappa shape index (κ2) is 9.55. The van der Waals surface area contributed by atoms with E-state index >= 15 is 0 Å². The highest BCUT2D eigenvalue weighted by Crippen LogP contribution is 2.66. The summed E-state index contributed by atoms with van der Waals surface area (Å²) in [5, 5.41) is 1.76. The maximum Gasteiger partial charge on any atom is 0.490 e. The van der Waals surface area contributed by atoms with Gasteiger partial charge in [-0.15, -0.1) is 11.3 Å². The van der Waals surface area contributed by atoms with E-state index in [4.69, 9.17) is 19.4 Å². The molecule has 0 radical (unpaired) electrons. The molecule has 2 aromatic rings. The SMILES string of the molecule is O=c1[nH]c(=O)n([C@H]2CC[C@@H](COP(=O)(O)OP(=O)(O)OP(=O)(O)O)O2)cc1-c1cccs1. The number of hydrogen-bond donors (Lipinski definition) is 5. The Morgan fingerprint density at radius 2 is 1.84 bits per heavy atom. The molecule has 0 spiro atoms. The van der Waals surface area contributed by atoms with Crippen LogP contribution in [0, 0.1) is 0 Å². The van der Waals surface area contributed by atoms with Gasteiger partial charge in [-0.1, -0.05) is 6.07 Å². The van der Waals surface area contributed by atoms with E-state index in [1.54, 1.807) is 17.5 Å². The lowest BCUT2D eigenvalue weighted by atomic mass is 10.2. The van der Waals surface area contributed by atoms with Crippen molar-refractivity contribution >= 4 is 34.8 Å². The van der Waals surface area contributed by atoms with Crippen LogP contribution in [0.15, 0.2) is 33.3 Å². The highest BCUT2D eigenvalue weighted by molar-refractivity contribution is 7.66. The number of phosphoric ester groups is 1. The molecular formula is C13H17N2O13P3S. The molecule has 1 saturated heterocycles. The van der Waals surface area contributed by atoms with E-state index < -0.39 is 53.7 Å². The van der Waals surface area contributed by atoms with Crippen molar-refractivity contribution in [2.75, 3.05) is 6.61 Å². The number of hydrogen-bond acceptors (Lipinski definition) is 10. The summed E-state index contributed by atoms with van der Waals surface area (Å²) in [5.74, 6) is 0. The molecule has 2 aromatic heterocycles. The Kier molecular flexibility index (Phi) is 7.57. The fourth-order valence-electron chi connectivity index (χ4n) is 2.80. The van der Waals surface area contributed by atoms with Crippen molar-refractivity contribution in [2.24, 2.45) is 0 Å². The average Bonchev–Trinajstić information content (AvgIpc) is 3.29. The van der Waals surface area contributed by atoms with Gasteiger partial charge >= 0.3 is 29.2 Å². The summed E-state index contributed by atoms with van der Waals surface area (Å²) in [4.78, 5) is 62.8.